The molecule has 3 heterocycles. The number of rotatable bonds is 5. The third-order valence-corrected chi connectivity index (χ3v) is 7.07. The van der Waals surface area contributed by atoms with Crippen molar-refractivity contribution in [3.05, 3.63) is 66.2 Å². The molecule has 4 N–H and O–H groups in total. The number of hydrogen-bond donors (Lipinski definition) is 2. The Morgan fingerprint density at radius 1 is 0.939 bits per heavy atom. The van der Waals surface area contributed by atoms with Gasteiger partial charge in [-0.1, -0.05) is 48.5 Å². The second kappa shape index (κ2) is 7.71. The molecule has 0 spiro atoms. The lowest BCUT2D eigenvalue weighted by atomic mass is 9.84. The standard InChI is InChI=1S/C26H26N6O/c27-25-23(26(28)33)24(30-32(25)20-14-19(15-20)31-11-4-12-31)18-8-7-17-9-10-21(29-22(17)13-18)16-5-2-1-3-6-16/h1-3,5-10,13,19-20H,4,11-12,14-15,27H2,(H2,28,33). The smallest absolute Gasteiger partial charge is 0.254 e. The maximum atomic E-state index is 12.4. The summed E-state index contributed by atoms with van der Waals surface area (Å²) >= 11 is 0. The zero-order valence-electron chi connectivity index (χ0n) is 18.3. The van der Waals surface area contributed by atoms with E-state index in [2.05, 4.69) is 11.0 Å². The molecule has 1 aliphatic carbocycles. The van der Waals surface area contributed by atoms with E-state index >= 15 is 0 Å². The fourth-order valence-electron chi connectivity index (χ4n) is 4.97. The average Bonchev–Trinajstić information content (AvgIpc) is 3.11. The molecule has 0 unspecified atom stereocenters. The summed E-state index contributed by atoms with van der Waals surface area (Å²) in [7, 11) is 0. The van der Waals surface area contributed by atoms with Gasteiger partial charge in [0.05, 0.1) is 17.3 Å². The summed E-state index contributed by atoms with van der Waals surface area (Å²) in [6.07, 6.45) is 3.29. The van der Waals surface area contributed by atoms with E-state index in [4.69, 9.17) is 21.5 Å². The average molecular weight is 439 g/mol. The van der Waals surface area contributed by atoms with E-state index in [0.717, 1.165) is 40.6 Å². The summed E-state index contributed by atoms with van der Waals surface area (Å²) in [5.74, 6) is -0.200. The summed E-state index contributed by atoms with van der Waals surface area (Å²) in [4.78, 5) is 19.7. The predicted octanol–water partition coefficient (Wildman–Crippen LogP) is 3.86. The van der Waals surface area contributed by atoms with Crippen molar-refractivity contribution in [2.24, 2.45) is 5.73 Å². The Balaban J connectivity index is 1.38. The van der Waals surface area contributed by atoms with Crippen molar-refractivity contribution in [1.82, 2.24) is 19.7 Å². The molecule has 2 aliphatic rings. The van der Waals surface area contributed by atoms with Crippen LogP contribution in [-0.2, 0) is 0 Å². The molecule has 1 amide bonds. The van der Waals surface area contributed by atoms with Gasteiger partial charge in [0.1, 0.15) is 17.1 Å². The highest BCUT2D eigenvalue weighted by Crippen LogP contribution is 2.41. The number of anilines is 1. The molecular formula is C26H26N6O. The van der Waals surface area contributed by atoms with Crippen LogP contribution in [0.15, 0.2) is 60.7 Å². The highest BCUT2D eigenvalue weighted by Gasteiger charge is 2.39. The number of pyridine rings is 1. The van der Waals surface area contributed by atoms with Crippen molar-refractivity contribution in [3.63, 3.8) is 0 Å². The summed E-state index contributed by atoms with van der Waals surface area (Å²) in [5.41, 5.74) is 16.5. The van der Waals surface area contributed by atoms with Crippen LogP contribution in [0.4, 0.5) is 5.82 Å². The van der Waals surface area contributed by atoms with E-state index in [1.165, 1.54) is 19.5 Å². The molecule has 1 aliphatic heterocycles. The Labute approximate surface area is 192 Å². The van der Waals surface area contributed by atoms with E-state index in [0.29, 0.717) is 23.1 Å². The van der Waals surface area contributed by atoms with Gasteiger partial charge in [-0.15, -0.1) is 0 Å². The fourth-order valence-corrected chi connectivity index (χ4v) is 4.97. The molecule has 0 radical (unpaired) electrons. The van der Waals surface area contributed by atoms with Gasteiger partial charge in [0.2, 0.25) is 0 Å². The molecule has 7 heteroatoms. The van der Waals surface area contributed by atoms with Crippen LogP contribution in [0.25, 0.3) is 33.4 Å². The Morgan fingerprint density at radius 2 is 1.70 bits per heavy atom. The normalized spacial score (nSPS) is 20.4. The third kappa shape index (κ3) is 3.36. The molecule has 0 bridgehead atoms. The topological polar surface area (TPSA) is 103 Å². The van der Waals surface area contributed by atoms with Crippen LogP contribution in [0, 0.1) is 0 Å². The van der Waals surface area contributed by atoms with Crippen LogP contribution >= 0.6 is 0 Å². The Kier molecular flexibility index (Phi) is 4.66. The minimum atomic E-state index is -0.557. The number of primary amides is 1. The first-order chi connectivity index (χ1) is 16.1. The molecule has 4 aromatic rings. The first-order valence-corrected chi connectivity index (χ1v) is 11.5. The van der Waals surface area contributed by atoms with E-state index in [1.54, 1.807) is 0 Å². The number of nitrogens with two attached hydrogens (primary N) is 2. The van der Waals surface area contributed by atoms with Crippen molar-refractivity contribution >= 4 is 22.6 Å². The first kappa shape index (κ1) is 19.9. The molecule has 2 aromatic carbocycles. The van der Waals surface area contributed by atoms with Gasteiger partial charge in [-0.3, -0.25) is 4.79 Å². The Morgan fingerprint density at radius 3 is 2.39 bits per heavy atom. The molecule has 33 heavy (non-hydrogen) atoms. The third-order valence-electron chi connectivity index (χ3n) is 7.07. The Hall–Kier alpha value is -3.71. The van der Waals surface area contributed by atoms with Gasteiger partial charge in [-0.25, -0.2) is 9.67 Å². The van der Waals surface area contributed by atoms with Gasteiger partial charge in [0.25, 0.3) is 5.91 Å². The lowest BCUT2D eigenvalue weighted by molar-refractivity contribution is 0.0329. The van der Waals surface area contributed by atoms with Crippen molar-refractivity contribution in [2.45, 2.75) is 31.3 Å². The lowest BCUT2D eigenvalue weighted by Crippen LogP contribution is -2.51. The number of likely N-dealkylation sites (tertiary alicyclic amines) is 1. The van der Waals surface area contributed by atoms with Crippen molar-refractivity contribution < 1.29 is 4.79 Å². The predicted molar refractivity (Wildman–Crippen MR) is 130 cm³/mol. The number of carbonyl (C=O) groups is 1. The zero-order chi connectivity index (χ0) is 22.5. The molecule has 166 valence electrons. The maximum absolute atomic E-state index is 12.4. The van der Waals surface area contributed by atoms with Crippen LogP contribution in [0.1, 0.15) is 35.7 Å². The van der Waals surface area contributed by atoms with Crippen LogP contribution in [0.2, 0.25) is 0 Å². The number of benzene rings is 2. The minimum absolute atomic E-state index is 0.200. The highest BCUT2D eigenvalue weighted by molar-refractivity contribution is 6.04. The summed E-state index contributed by atoms with van der Waals surface area (Å²) in [5, 5.41) is 5.81. The van der Waals surface area contributed by atoms with E-state index in [1.807, 2.05) is 59.3 Å². The lowest BCUT2D eigenvalue weighted by Gasteiger charge is -2.47. The van der Waals surface area contributed by atoms with Gasteiger partial charge in [-0.2, -0.15) is 5.10 Å². The van der Waals surface area contributed by atoms with Gasteiger partial charge >= 0.3 is 0 Å². The van der Waals surface area contributed by atoms with Crippen molar-refractivity contribution in [3.8, 4) is 22.5 Å². The Bertz CT molecular complexity index is 1350. The highest BCUT2D eigenvalue weighted by atomic mass is 16.1. The molecular weight excluding hydrogens is 412 g/mol. The van der Waals surface area contributed by atoms with E-state index in [9.17, 15) is 4.79 Å². The van der Waals surface area contributed by atoms with Crippen LogP contribution in [-0.4, -0.2) is 44.7 Å². The molecule has 1 saturated heterocycles. The summed E-state index contributed by atoms with van der Waals surface area (Å²) in [6, 6.07) is 20.8. The molecule has 2 aromatic heterocycles. The van der Waals surface area contributed by atoms with Gasteiger partial charge < -0.3 is 16.4 Å². The van der Waals surface area contributed by atoms with Gasteiger partial charge in [0.15, 0.2) is 0 Å². The summed E-state index contributed by atoms with van der Waals surface area (Å²) in [6.45, 7) is 2.36. The maximum Gasteiger partial charge on any atom is 0.254 e. The van der Waals surface area contributed by atoms with Gasteiger partial charge in [0, 0.05) is 22.6 Å². The molecule has 2 fully saturated rings. The monoisotopic (exact) mass is 438 g/mol. The van der Waals surface area contributed by atoms with Gasteiger partial charge in [-0.05, 0) is 44.5 Å². The number of amides is 1. The SMILES string of the molecule is NC(=O)c1c(-c2ccc3ccc(-c4ccccc4)nc3c2)nn(C2CC(N3CCC3)C2)c1N. The van der Waals surface area contributed by atoms with Crippen molar-refractivity contribution in [1.29, 1.82) is 0 Å². The molecule has 6 rings (SSSR count). The van der Waals surface area contributed by atoms with Crippen LogP contribution < -0.4 is 11.5 Å². The number of nitrogen functional groups attached to an aromatic ring is 1. The van der Waals surface area contributed by atoms with Crippen LogP contribution in [0.3, 0.4) is 0 Å². The van der Waals surface area contributed by atoms with Crippen molar-refractivity contribution in [2.75, 3.05) is 18.8 Å². The number of hydrogen-bond acceptors (Lipinski definition) is 5. The van der Waals surface area contributed by atoms with E-state index in [-0.39, 0.29) is 6.04 Å². The number of fused-ring (bicyclic) bond motifs is 1. The number of nitrogens with zero attached hydrogens (tertiary/aromatic N) is 4. The van der Waals surface area contributed by atoms with Crippen LogP contribution in [0.5, 0.6) is 0 Å². The largest absolute Gasteiger partial charge is 0.383 e. The fraction of sp³-hybridized carbons (Fsp3) is 0.269. The number of aromatic nitrogens is 3. The quantitative estimate of drug-likeness (QED) is 0.493. The number of carbonyl (C=O) groups excluding carboxylic acids is 1. The molecule has 1 saturated carbocycles. The van der Waals surface area contributed by atoms with E-state index < -0.39 is 5.91 Å². The molecule has 0 atom stereocenters. The zero-order valence-corrected chi connectivity index (χ0v) is 18.3. The minimum Gasteiger partial charge on any atom is -0.383 e. The second-order valence-electron chi connectivity index (χ2n) is 9.06. The first-order valence-electron chi connectivity index (χ1n) is 11.5. The second-order valence-corrected chi connectivity index (χ2v) is 9.06. The molecule has 7 nitrogen and oxygen atoms in total. The summed E-state index contributed by atoms with van der Waals surface area (Å²) < 4.78 is 1.81.